The van der Waals surface area contributed by atoms with Crippen molar-refractivity contribution in [2.45, 2.75) is 37.0 Å². The summed E-state index contributed by atoms with van der Waals surface area (Å²) in [5.41, 5.74) is 6.93. The lowest BCUT2D eigenvalue weighted by atomic mass is 10.1. The Balaban J connectivity index is 1.77. The monoisotopic (exact) mass is 575 g/mol. The molecule has 0 saturated carbocycles. The Labute approximate surface area is 235 Å². The van der Waals surface area contributed by atoms with Crippen molar-refractivity contribution in [1.29, 1.82) is 0 Å². The Hall–Kier alpha value is -2.82. The van der Waals surface area contributed by atoms with Crippen LogP contribution in [0.4, 0.5) is 17.2 Å². The molecule has 3 rings (SSSR count). The summed E-state index contributed by atoms with van der Waals surface area (Å²) >= 11 is 10.8. The van der Waals surface area contributed by atoms with Crippen molar-refractivity contribution in [3.05, 3.63) is 75.9 Å². The normalized spacial score (nSPS) is 11.6. The summed E-state index contributed by atoms with van der Waals surface area (Å²) in [6, 6.07) is 12.8. The molecule has 1 unspecified atom stereocenters. The van der Waals surface area contributed by atoms with E-state index in [9.17, 15) is 14.1 Å². The molecule has 5 N–H and O–H groups in total. The zero-order valence-corrected chi connectivity index (χ0v) is 23.4. The molecule has 3 aromatic rings. The van der Waals surface area contributed by atoms with Gasteiger partial charge in [-0.3, -0.25) is 9.59 Å². The van der Waals surface area contributed by atoms with Crippen LogP contribution in [0.15, 0.2) is 59.6 Å². The number of halogens is 2. The molecular weight excluding hydrogens is 545 g/mol. The van der Waals surface area contributed by atoms with Gasteiger partial charge in [-0.2, -0.15) is 0 Å². The molecule has 2 amide bonds. The maximum atomic E-state index is 13.3. The number of nitrogens with zero attached hydrogens (tertiary/aromatic N) is 1. The Kier molecular flexibility index (Phi) is 11.7. The molecule has 1 aromatic heterocycles. The number of hydrogen-bond donors (Lipinski definition) is 4. The Bertz CT molecular complexity index is 1240. The molecule has 0 aliphatic rings. The number of nitrogens with two attached hydrogens (primary N) is 1. The third-order valence-corrected chi connectivity index (χ3v) is 7.08. The second kappa shape index (κ2) is 14.9. The number of rotatable bonds is 13. The Morgan fingerprint density at radius 2 is 1.58 bits per heavy atom. The minimum Gasteiger partial charge on any atom is -0.612 e. The molecule has 0 aliphatic carbocycles. The van der Waals surface area contributed by atoms with Crippen molar-refractivity contribution in [3.63, 3.8) is 0 Å². The van der Waals surface area contributed by atoms with Crippen molar-refractivity contribution in [3.8, 4) is 0 Å². The molecule has 38 heavy (non-hydrogen) atoms. The molecule has 8 nitrogen and oxygen atoms in total. The van der Waals surface area contributed by atoms with Crippen molar-refractivity contribution in [1.82, 2.24) is 4.98 Å². The molecule has 0 spiro atoms. The molecule has 0 bridgehead atoms. The summed E-state index contributed by atoms with van der Waals surface area (Å²) in [5.74, 6) is -0.624. The molecule has 202 valence electrons. The highest BCUT2D eigenvalue weighted by molar-refractivity contribution is 7.90. The van der Waals surface area contributed by atoms with E-state index in [1.165, 1.54) is 12.3 Å². The molecule has 0 radical (unpaired) electrons. The highest BCUT2D eigenvalue weighted by Gasteiger charge is 2.19. The highest BCUT2D eigenvalue weighted by Crippen LogP contribution is 2.26. The van der Waals surface area contributed by atoms with E-state index in [1.807, 2.05) is 0 Å². The average Bonchev–Trinajstić information content (AvgIpc) is 2.90. The fraction of sp³-hybridized carbons (Fsp3) is 0.296. The summed E-state index contributed by atoms with van der Waals surface area (Å²) in [7, 11) is 0. The van der Waals surface area contributed by atoms with Gasteiger partial charge in [0.1, 0.15) is 12.1 Å². The van der Waals surface area contributed by atoms with Gasteiger partial charge >= 0.3 is 0 Å². The van der Waals surface area contributed by atoms with Gasteiger partial charge in [-0.25, -0.2) is 4.98 Å². The van der Waals surface area contributed by atoms with Crippen LogP contribution < -0.4 is 21.7 Å². The minimum absolute atomic E-state index is 0.167. The predicted octanol–water partition coefficient (Wildman–Crippen LogP) is 5.95. The van der Waals surface area contributed by atoms with Gasteiger partial charge in [0, 0.05) is 23.8 Å². The average molecular weight is 577 g/mol. The fourth-order valence-corrected chi connectivity index (χ4v) is 4.53. The van der Waals surface area contributed by atoms with Crippen molar-refractivity contribution < 1.29 is 14.1 Å². The van der Waals surface area contributed by atoms with E-state index in [0.29, 0.717) is 45.1 Å². The molecule has 0 fully saturated rings. The Morgan fingerprint density at radius 1 is 0.868 bits per heavy atom. The first-order valence-corrected chi connectivity index (χ1v) is 14.5. The summed E-state index contributed by atoms with van der Waals surface area (Å²) < 4.78 is 12.1. The molecule has 2 aromatic carbocycles. The van der Waals surface area contributed by atoms with Crippen LogP contribution in [0.3, 0.4) is 0 Å². The van der Waals surface area contributed by atoms with Crippen molar-refractivity contribution in [2.24, 2.45) is 5.73 Å². The van der Waals surface area contributed by atoms with Crippen molar-refractivity contribution >= 4 is 63.4 Å². The summed E-state index contributed by atoms with van der Waals surface area (Å²) in [4.78, 5) is 31.0. The zero-order valence-electron chi connectivity index (χ0n) is 21.1. The quantitative estimate of drug-likeness (QED) is 0.147. The number of hydrogen-bond acceptors (Lipinski definition) is 6. The summed E-state index contributed by atoms with van der Waals surface area (Å²) in [6.45, 7) is 1.36. The number of amides is 2. The van der Waals surface area contributed by atoms with Gasteiger partial charge in [0.15, 0.2) is 4.90 Å². The van der Waals surface area contributed by atoms with Crippen molar-refractivity contribution in [2.75, 3.05) is 35.3 Å². The van der Waals surface area contributed by atoms with E-state index >= 15 is 0 Å². The molecule has 0 saturated heterocycles. The van der Waals surface area contributed by atoms with Gasteiger partial charge < -0.3 is 26.2 Å². The second-order valence-electron chi connectivity index (χ2n) is 8.60. The number of aromatic nitrogens is 1. The van der Waals surface area contributed by atoms with Gasteiger partial charge in [0.2, 0.25) is 0 Å². The Morgan fingerprint density at radius 3 is 2.29 bits per heavy atom. The molecule has 11 heteroatoms. The van der Waals surface area contributed by atoms with Gasteiger partial charge in [0.05, 0.1) is 27.5 Å². The first kappa shape index (κ1) is 29.7. The molecule has 1 atom stereocenters. The summed E-state index contributed by atoms with van der Waals surface area (Å²) in [6.07, 6.45) is 8.18. The van der Waals surface area contributed by atoms with E-state index in [-0.39, 0.29) is 11.3 Å². The van der Waals surface area contributed by atoms with Crippen LogP contribution in [0.1, 0.15) is 52.8 Å². The van der Waals surface area contributed by atoms with E-state index in [2.05, 4.69) is 20.9 Å². The largest absolute Gasteiger partial charge is 0.612 e. The smallest absolute Gasteiger partial charge is 0.258 e. The topological polar surface area (TPSA) is 132 Å². The van der Waals surface area contributed by atoms with Crippen LogP contribution >= 0.6 is 23.2 Å². The van der Waals surface area contributed by atoms with Gasteiger partial charge in [-0.1, -0.05) is 42.5 Å². The number of benzene rings is 2. The highest BCUT2D eigenvalue weighted by atomic mass is 35.5. The molecule has 0 aliphatic heterocycles. The molecular formula is C27H31Cl2N5O3S. The van der Waals surface area contributed by atoms with E-state index < -0.39 is 23.0 Å². The van der Waals surface area contributed by atoms with Crippen LogP contribution in [-0.4, -0.2) is 40.7 Å². The third-order valence-electron chi connectivity index (χ3n) is 5.71. The first-order valence-electron chi connectivity index (χ1n) is 12.2. The van der Waals surface area contributed by atoms with Gasteiger partial charge in [0.25, 0.3) is 11.8 Å². The van der Waals surface area contributed by atoms with Crippen LogP contribution in [0.2, 0.25) is 10.0 Å². The fourth-order valence-electron chi connectivity index (χ4n) is 3.71. The van der Waals surface area contributed by atoms with E-state index in [0.717, 1.165) is 32.1 Å². The lowest BCUT2D eigenvalue weighted by molar-refractivity contribution is 0.102. The van der Waals surface area contributed by atoms with Crippen LogP contribution in [0, 0.1) is 0 Å². The maximum Gasteiger partial charge on any atom is 0.258 e. The number of unbranched alkanes of at least 4 members (excludes halogenated alkanes) is 4. The number of anilines is 3. The number of pyridine rings is 1. The lowest BCUT2D eigenvalue weighted by Gasteiger charge is -2.16. The molecule has 1 heterocycles. The van der Waals surface area contributed by atoms with Crippen LogP contribution in [0.5, 0.6) is 0 Å². The van der Waals surface area contributed by atoms with E-state index in [1.54, 1.807) is 48.7 Å². The number of carbonyl (C=O) groups is 2. The lowest BCUT2D eigenvalue weighted by Crippen LogP contribution is -2.20. The summed E-state index contributed by atoms with van der Waals surface area (Å²) in [5, 5.41) is 9.58. The number of nitrogens with one attached hydrogen (secondary N) is 3. The van der Waals surface area contributed by atoms with Gasteiger partial charge in [-0.15, -0.1) is 0 Å². The van der Waals surface area contributed by atoms with E-state index in [4.69, 9.17) is 28.9 Å². The second-order valence-corrected chi connectivity index (χ2v) is 10.9. The zero-order chi connectivity index (χ0) is 27.5. The SMILES string of the molecule is C[S+]([O-])c1ccc(C(=O)Nc2ccc(Cl)cc2C(=O)Nc2ccc(Cl)cn2)c(NCCCCCCCN)c1. The van der Waals surface area contributed by atoms with Crippen LogP contribution in [-0.2, 0) is 11.2 Å². The minimum atomic E-state index is -1.21. The van der Waals surface area contributed by atoms with Gasteiger partial charge in [-0.05, 0) is 73.0 Å². The van der Waals surface area contributed by atoms with Crippen LogP contribution in [0.25, 0.3) is 0 Å². The maximum absolute atomic E-state index is 13.3. The number of carbonyl (C=O) groups excluding carboxylic acids is 2. The predicted molar refractivity (Wildman–Crippen MR) is 156 cm³/mol. The standard InChI is InChI=1S/C27H31Cl2N5O3S/c1-38(37)20-9-10-21(24(16-20)31-14-6-4-2-3-5-13-30)26(35)33-23-11-7-18(28)15-22(23)27(36)34-25-12-8-19(29)17-32-25/h7-12,15-17,31H,2-6,13-14,30H2,1H3,(H,33,35)(H,32,34,36). The first-order chi connectivity index (χ1) is 18.3. The third kappa shape index (κ3) is 8.89.